The van der Waals surface area contributed by atoms with Gasteiger partial charge in [0.1, 0.15) is 28.8 Å². The first-order chi connectivity index (χ1) is 20.8. The van der Waals surface area contributed by atoms with Gasteiger partial charge in [0.25, 0.3) is 0 Å². The Morgan fingerprint density at radius 3 is 2.60 bits per heavy atom. The van der Waals surface area contributed by atoms with Crippen molar-refractivity contribution in [2.24, 2.45) is 23.7 Å². The molecule has 43 heavy (non-hydrogen) atoms. The van der Waals surface area contributed by atoms with Crippen LogP contribution >= 0.6 is 11.3 Å². The number of hydrogen-bond acceptors (Lipinski definition) is 11. The maximum Gasteiger partial charge on any atom is 0.224 e. The maximum atomic E-state index is 13.6. The van der Waals surface area contributed by atoms with E-state index in [1.54, 1.807) is 17.4 Å². The van der Waals surface area contributed by atoms with E-state index in [1.807, 2.05) is 31.2 Å². The fraction of sp³-hybridized carbons (Fsp3) is 0.419. The minimum atomic E-state index is -1.05. The van der Waals surface area contributed by atoms with Gasteiger partial charge in [0, 0.05) is 32.2 Å². The first kappa shape index (κ1) is 27.9. The zero-order valence-electron chi connectivity index (χ0n) is 23.5. The Balaban J connectivity index is 1.10. The van der Waals surface area contributed by atoms with E-state index in [0.717, 1.165) is 45.3 Å². The Hall–Kier alpha value is -3.89. The summed E-state index contributed by atoms with van der Waals surface area (Å²) in [7, 11) is 0. The summed E-state index contributed by atoms with van der Waals surface area (Å²) >= 11 is 1.54. The van der Waals surface area contributed by atoms with Crippen molar-refractivity contribution in [3.63, 3.8) is 0 Å². The van der Waals surface area contributed by atoms with Crippen LogP contribution in [0.2, 0.25) is 0 Å². The summed E-state index contributed by atoms with van der Waals surface area (Å²) in [6, 6.07) is 13.9. The van der Waals surface area contributed by atoms with Gasteiger partial charge in [-0.1, -0.05) is 12.1 Å². The van der Waals surface area contributed by atoms with Crippen molar-refractivity contribution in [2.45, 2.75) is 31.6 Å². The Bertz CT molecular complexity index is 1680. The lowest BCUT2D eigenvalue weighted by Crippen LogP contribution is -2.35. The van der Waals surface area contributed by atoms with Gasteiger partial charge in [-0.15, -0.1) is 11.3 Å². The summed E-state index contributed by atoms with van der Waals surface area (Å²) < 4.78 is 14.7. The third-order valence-electron chi connectivity index (χ3n) is 9.24. The molecule has 0 radical (unpaired) electrons. The number of rotatable bonds is 8. The molecule has 1 aliphatic heterocycles. The summed E-state index contributed by atoms with van der Waals surface area (Å²) in [5.74, 6) is 1.52. The van der Waals surface area contributed by atoms with E-state index in [1.165, 1.54) is 12.1 Å². The molecule has 1 saturated heterocycles. The molecule has 0 bridgehead atoms. The quantitative estimate of drug-likeness (QED) is 0.203. The van der Waals surface area contributed by atoms with E-state index in [2.05, 4.69) is 21.6 Å². The smallest absolute Gasteiger partial charge is 0.224 e. The second kappa shape index (κ2) is 11.0. The molecule has 2 aliphatic carbocycles. The third kappa shape index (κ3) is 5.06. The van der Waals surface area contributed by atoms with E-state index in [9.17, 15) is 25.0 Å². The predicted molar refractivity (Wildman–Crippen MR) is 162 cm³/mol. The monoisotopic (exact) mass is 601 g/mol. The molecule has 2 unspecified atom stereocenters. The maximum absolute atomic E-state index is 13.6. The molecule has 2 aromatic carbocycles. The van der Waals surface area contributed by atoms with Crippen LogP contribution in [-0.2, 0) is 0 Å². The Kier molecular flexibility index (Phi) is 7.13. The van der Waals surface area contributed by atoms with Crippen LogP contribution in [0.15, 0.2) is 42.5 Å². The molecular weight excluding hydrogens is 569 g/mol. The highest BCUT2D eigenvalue weighted by Gasteiger charge is 2.55. The number of hydrogen-bond donors (Lipinski definition) is 5. The average molecular weight is 602 g/mol. The second-order valence-corrected chi connectivity index (χ2v) is 12.8. The molecule has 3 fully saturated rings. The molecule has 0 amide bonds. The fourth-order valence-electron chi connectivity index (χ4n) is 6.85. The first-order valence-electron chi connectivity index (χ1n) is 14.5. The molecule has 10 nitrogen and oxygen atoms in total. The molecular formula is C31H32FN7O3S. The number of nitriles is 1. The molecule has 7 atom stereocenters. The fourth-order valence-corrected chi connectivity index (χ4v) is 7.91. The number of aryl methyl sites for hydroxylation is 1. The number of piperidine rings is 1. The number of aromatic nitrogens is 3. The van der Waals surface area contributed by atoms with Crippen molar-refractivity contribution < 1.29 is 19.7 Å². The van der Waals surface area contributed by atoms with Gasteiger partial charge in [-0.2, -0.15) is 10.2 Å². The van der Waals surface area contributed by atoms with Crippen LogP contribution in [-0.4, -0.2) is 74.8 Å². The van der Waals surface area contributed by atoms with Crippen molar-refractivity contribution in [3.8, 4) is 16.6 Å². The summed E-state index contributed by atoms with van der Waals surface area (Å²) in [4.78, 5) is 16.6. The number of benzene rings is 2. The zero-order chi connectivity index (χ0) is 29.8. The number of aliphatic hydroxyl groups is 3. The summed E-state index contributed by atoms with van der Waals surface area (Å²) in [5.41, 5.74) is 3.49. The largest absolute Gasteiger partial charge is 0.396 e. The van der Waals surface area contributed by atoms with E-state index < -0.39 is 30.0 Å². The number of aliphatic hydroxyl groups excluding tert-OH is 3. The number of nitrogens with one attached hydrogen (secondary N) is 2. The van der Waals surface area contributed by atoms with Crippen molar-refractivity contribution in [2.75, 3.05) is 41.8 Å². The Morgan fingerprint density at radius 2 is 1.88 bits per heavy atom. The lowest BCUT2D eigenvalue weighted by atomic mass is 10.1. The lowest BCUT2D eigenvalue weighted by molar-refractivity contribution is 0.00446. The molecule has 3 aliphatic rings. The molecule has 0 spiro atoms. The van der Waals surface area contributed by atoms with Crippen molar-refractivity contribution in [1.29, 1.82) is 5.26 Å². The minimum absolute atomic E-state index is 0.211. The van der Waals surface area contributed by atoms with E-state index in [4.69, 9.17) is 15.0 Å². The van der Waals surface area contributed by atoms with Crippen LogP contribution in [0.1, 0.15) is 17.7 Å². The van der Waals surface area contributed by atoms with Gasteiger partial charge in [-0.3, -0.25) is 0 Å². The molecule has 7 rings (SSSR count). The highest BCUT2D eigenvalue weighted by Crippen LogP contribution is 2.52. The van der Waals surface area contributed by atoms with E-state index in [-0.39, 0.29) is 6.61 Å². The number of para-hydroxylation sites is 1. The van der Waals surface area contributed by atoms with Gasteiger partial charge in [-0.05, 0) is 61.4 Å². The topological polar surface area (TPSA) is 150 Å². The van der Waals surface area contributed by atoms with Gasteiger partial charge in [0.2, 0.25) is 5.95 Å². The Morgan fingerprint density at radius 1 is 1.09 bits per heavy atom. The third-order valence-corrected chi connectivity index (χ3v) is 10.3. The predicted octanol–water partition coefficient (Wildman–Crippen LogP) is 3.38. The van der Waals surface area contributed by atoms with Crippen LogP contribution in [0.4, 0.5) is 21.8 Å². The summed E-state index contributed by atoms with van der Waals surface area (Å²) in [6.45, 7) is 4.02. The number of fused-ring (bicyclic) bond motifs is 2. The number of anilines is 3. The van der Waals surface area contributed by atoms with Gasteiger partial charge in [0.05, 0.1) is 44.9 Å². The molecule has 12 heteroatoms. The summed E-state index contributed by atoms with van der Waals surface area (Å²) in [6.07, 6.45) is -1.68. The first-order valence-corrected chi connectivity index (χ1v) is 15.3. The van der Waals surface area contributed by atoms with Gasteiger partial charge in [0.15, 0.2) is 0 Å². The van der Waals surface area contributed by atoms with E-state index >= 15 is 0 Å². The SMILES string of the molecule is Cc1nc(NCC2C3CN(c4ccc(F)cc4C#N)C[C@@H]23)nc(N[C@@H]2C[C@H](CO)[C@@H](O)[C@H]2O)c1-c1nc2ccccc2s1. The standard InChI is InChI=1S/C31H32FN7O3S/c1-15-26(30-37-22-4-2-3-5-25(22)43-30)29(36-23-9-17(14-40)27(41)28(23)42)38-31(35-15)34-11-19-20-12-39(13-21(19)20)24-7-6-18(32)8-16(24)10-33/h2-8,17,19-21,23,27-28,40-42H,9,11-14H2,1H3,(H2,34,35,36,38)/t17-,19?,20+,21?,23-,27-,28+/m1/s1. The van der Waals surface area contributed by atoms with E-state index in [0.29, 0.717) is 48.0 Å². The van der Waals surface area contributed by atoms with Crippen LogP contribution in [0.25, 0.3) is 20.8 Å². The highest BCUT2D eigenvalue weighted by atomic mass is 32.1. The highest BCUT2D eigenvalue weighted by molar-refractivity contribution is 7.21. The summed E-state index contributed by atoms with van der Waals surface area (Å²) in [5, 5.41) is 47.8. The number of halogens is 1. The Labute approximate surface area is 251 Å². The van der Waals surface area contributed by atoms with Crippen molar-refractivity contribution >= 4 is 39.0 Å². The molecule has 222 valence electrons. The number of thiazole rings is 1. The van der Waals surface area contributed by atoms with Crippen LogP contribution in [0.5, 0.6) is 0 Å². The molecule has 5 N–H and O–H groups in total. The van der Waals surface area contributed by atoms with Crippen LogP contribution < -0.4 is 15.5 Å². The van der Waals surface area contributed by atoms with Gasteiger partial charge < -0.3 is 30.9 Å². The minimum Gasteiger partial charge on any atom is -0.396 e. The van der Waals surface area contributed by atoms with Crippen molar-refractivity contribution in [3.05, 3.63) is 59.5 Å². The molecule has 2 aromatic heterocycles. The number of nitrogens with zero attached hydrogens (tertiary/aromatic N) is 5. The molecule has 3 heterocycles. The van der Waals surface area contributed by atoms with Crippen LogP contribution in [0.3, 0.4) is 0 Å². The normalized spacial score (nSPS) is 27.7. The molecule has 2 saturated carbocycles. The van der Waals surface area contributed by atoms with Gasteiger partial charge >= 0.3 is 0 Å². The van der Waals surface area contributed by atoms with Gasteiger partial charge in [-0.25, -0.2) is 14.4 Å². The van der Waals surface area contributed by atoms with Crippen molar-refractivity contribution in [1.82, 2.24) is 15.0 Å². The average Bonchev–Trinajstić information content (AvgIpc) is 3.32. The second-order valence-electron chi connectivity index (χ2n) is 11.8. The molecule has 4 aromatic rings. The van der Waals surface area contributed by atoms with Crippen LogP contribution in [0, 0.1) is 47.7 Å². The zero-order valence-corrected chi connectivity index (χ0v) is 24.3. The lowest BCUT2D eigenvalue weighted by Gasteiger charge is -2.23.